The van der Waals surface area contributed by atoms with Gasteiger partial charge in [-0.3, -0.25) is 0 Å². The van der Waals surface area contributed by atoms with Crippen LogP contribution in [0.25, 0.3) is 11.8 Å². The summed E-state index contributed by atoms with van der Waals surface area (Å²) < 4.78 is 11.4. The molecule has 1 aromatic heterocycles. The molecule has 0 atom stereocenters. The van der Waals surface area contributed by atoms with Gasteiger partial charge in [-0.2, -0.15) is 0 Å². The first-order chi connectivity index (χ1) is 9.22. The Kier molecular flexibility index (Phi) is 3.25. The minimum absolute atomic E-state index is 0.356. The Morgan fingerprint density at radius 3 is 2.53 bits per heavy atom. The van der Waals surface area contributed by atoms with Gasteiger partial charge in [-0.1, -0.05) is 30.3 Å². The SMILES string of the molecule is O=C1OC(c2ccccc2)=C/C1=C\c1ccc(I)o1. The molecule has 4 heteroatoms. The molecule has 0 radical (unpaired) electrons. The molecule has 0 saturated heterocycles. The molecule has 0 spiro atoms. The van der Waals surface area contributed by atoms with Gasteiger partial charge in [0.2, 0.25) is 0 Å². The number of benzene rings is 1. The first-order valence-electron chi connectivity index (χ1n) is 5.69. The van der Waals surface area contributed by atoms with E-state index in [-0.39, 0.29) is 5.97 Å². The van der Waals surface area contributed by atoms with E-state index in [1.54, 1.807) is 12.2 Å². The molecule has 0 fully saturated rings. The zero-order valence-electron chi connectivity index (χ0n) is 9.80. The number of esters is 1. The van der Waals surface area contributed by atoms with Crippen molar-refractivity contribution in [3.05, 3.63) is 69.2 Å². The monoisotopic (exact) mass is 364 g/mol. The first-order valence-corrected chi connectivity index (χ1v) is 6.76. The van der Waals surface area contributed by atoms with E-state index in [0.29, 0.717) is 17.1 Å². The molecule has 1 aromatic carbocycles. The van der Waals surface area contributed by atoms with E-state index in [4.69, 9.17) is 9.15 Å². The van der Waals surface area contributed by atoms with Crippen LogP contribution in [0.4, 0.5) is 0 Å². The van der Waals surface area contributed by atoms with Gasteiger partial charge in [0.1, 0.15) is 11.5 Å². The van der Waals surface area contributed by atoms with Crippen molar-refractivity contribution >= 4 is 40.4 Å². The average Bonchev–Trinajstić information content (AvgIpc) is 2.98. The van der Waals surface area contributed by atoms with Crippen molar-refractivity contribution in [2.45, 2.75) is 0 Å². The van der Waals surface area contributed by atoms with Crippen LogP contribution in [-0.4, -0.2) is 5.97 Å². The average molecular weight is 364 g/mol. The minimum Gasteiger partial charge on any atom is -0.451 e. The summed E-state index contributed by atoms with van der Waals surface area (Å²) in [5, 5.41) is 0. The molecule has 19 heavy (non-hydrogen) atoms. The van der Waals surface area contributed by atoms with Crippen molar-refractivity contribution in [3.63, 3.8) is 0 Å². The van der Waals surface area contributed by atoms with E-state index in [0.717, 1.165) is 9.33 Å². The van der Waals surface area contributed by atoms with E-state index >= 15 is 0 Å². The molecule has 0 unspecified atom stereocenters. The van der Waals surface area contributed by atoms with Gasteiger partial charge < -0.3 is 9.15 Å². The second-order valence-corrected chi connectivity index (χ2v) is 5.07. The van der Waals surface area contributed by atoms with E-state index in [1.807, 2.05) is 42.5 Å². The highest BCUT2D eigenvalue weighted by atomic mass is 127. The van der Waals surface area contributed by atoms with Gasteiger partial charge in [-0.25, -0.2) is 4.79 Å². The van der Waals surface area contributed by atoms with Gasteiger partial charge >= 0.3 is 5.97 Å². The summed E-state index contributed by atoms with van der Waals surface area (Å²) in [6.45, 7) is 0. The number of halogens is 1. The van der Waals surface area contributed by atoms with Crippen LogP contribution in [0.1, 0.15) is 11.3 Å². The van der Waals surface area contributed by atoms with E-state index < -0.39 is 0 Å². The number of carbonyl (C=O) groups is 1. The third kappa shape index (κ3) is 2.63. The van der Waals surface area contributed by atoms with Gasteiger partial charge in [0.25, 0.3) is 0 Å². The lowest BCUT2D eigenvalue weighted by Gasteiger charge is -1.99. The molecule has 0 N–H and O–H groups in total. The van der Waals surface area contributed by atoms with E-state index in [9.17, 15) is 4.79 Å². The fraction of sp³-hybridized carbons (Fsp3) is 0. The summed E-state index contributed by atoms with van der Waals surface area (Å²) in [7, 11) is 0. The van der Waals surface area contributed by atoms with E-state index in [1.165, 1.54) is 0 Å². The van der Waals surface area contributed by atoms with Crippen LogP contribution in [0.15, 0.2) is 58.5 Å². The van der Waals surface area contributed by atoms with Crippen molar-refractivity contribution < 1.29 is 13.9 Å². The van der Waals surface area contributed by atoms with Crippen LogP contribution >= 0.6 is 22.6 Å². The van der Waals surface area contributed by atoms with Crippen LogP contribution in [0.5, 0.6) is 0 Å². The fourth-order valence-electron chi connectivity index (χ4n) is 1.79. The van der Waals surface area contributed by atoms with Gasteiger partial charge in [0.15, 0.2) is 3.77 Å². The maximum atomic E-state index is 11.8. The predicted octanol–water partition coefficient (Wildman–Crippen LogP) is 3.87. The van der Waals surface area contributed by atoms with Gasteiger partial charge in [0, 0.05) is 5.56 Å². The first kappa shape index (κ1) is 12.2. The molecule has 94 valence electrons. The summed E-state index contributed by atoms with van der Waals surface area (Å²) in [6.07, 6.45) is 3.41. The Morgan fingerprint density at radius 1 is 1.05 bits per heavy atom. The Hall–Kier alpha value is -1.82. The zero-order valence-corrected chi connectivity index (χ0v) is 12.0. The minimum atomic E-state index is -0.356. The largest absolute Gasteiger partial charge is 0.451 e. The predicted molar refractivity (Wildman–Crippen MR) is 79.9 cm³/mol. The maximum Gasteiger partial charge on any atom is 0.343 e. The molecular formula is C15H9IO3. The van der Waals surface area contributed by atoms with Crippen molar-refractivity contribution in [1.29, 1.82) is 0 Å². The van der Waals surface area contributed by atoms with Crippen LogP contribution in [0.2, 0.25) is 0 Å². The summed E-state index contributed by atoms with van der Waals surface area (Å²) in [5.41, 5.74) is 1.37. The highest BCUT2D eigenvalue weighted by Gasteiger charge is 2.22. The number of hydrogen-bond acceptors (Lipinski definition) is 3. The summed E-state index contributed by atoms with van der Waals surface area (Å²) >= 11 is 2.08. The third-order valence-electron chi connectivity index (χ3n) is 2.68. The third-order valence-corrected chi connectivity index (χ3v) is 3.25. The Labute approximate surface area is 123 Å². The van der Waals surface area contributed by atoms with E-state index in [2.05, 4.69) is 22.6 Å². The quantitative estimate of drug-likeness (QED) is 0.462. The molecule has 0 bridgehead atoms. The molecular weight excluding hydrogens is 355 g/mol. The Morgan fingerprint density at radius 2 is 1.84 bits per heavy atom. The van der Waals surface area contributed by atoms with Crippen LogP contribution in [-0.2, 0) is 9.53 Å². The van der Waals surface area contributed by atoms with Crippen molar-refractivity contribution in [1.82, 2.24) is 0 Å². The summed E-state index contributed by atoms with van der Waals surface area (Å²) in [4.78, 5) is 11.8. The van der Waals surface area contributed by atoms with Crippen LogP contribution in [0.3, 0.4) is 0 Å². The zero-order chi connectivity index (χ0) is 13.2. The molecule has 3 nitrogen and oxygen atoms in total. The van der Waals surface area contributed by atoms with Gasteiger partial charge in [0.05, 0.1) is 5.57 Å². The Bertz CT molecular complexity index is 680. The van der Waals surface area contributed by atoms with Gasteiger partial charge in [-0.15, -0.1) is 0 Å². The molecule has 0 aliphatic carbocycles. The smallest absolute Gasteiger partial charge is 0.343 e. The number of ether oxygens (including phenoxy) is 1. The topological polar surface area (TPSA) is 39.4 Å². The molecule has 0 amide bonds. The molecule has 3 rings (SSSR count). The molecule has 2 aromatic rings. The fourth-order valence-corrected chi connectivity index (χ4v) is 2.23. The lowest BCUT2D eigenvalue weighted by atomic mass is 10.1. The second-order valence-electron chi connectivity index (χ2n) is 4.01. The lowest BCUT2D eigenvalue weighted by molar-refractivity contribution is -0.130. The standard InChI is InChI=1S/C15H9IO3/c16-14-7-6-12(18-14)8-11-9-13(19-15(11)17)10-4-2-1-3-5-10/h1-9H/b11-8+. The van der Waals surface area contributed by atoms with Crippen molar-refractivity contribution in [2.24, 2.45) is 0 Å². The highest BCUT2D eigenvalue weighted by molar-refractivity contribution is 14.1. The number of hydrogen-bond donors (Lipinski definition) is 0. The maximum absolute atomic E-state index is 11.8. The summed E-state index contributed by atoms with van der Waals surface area (Å²) in [5.74, 6) is 0.852. The summed E-state index contributed by atoms with van der Waals surface area (Å²) in [6, 6.07) is 13.2. The van der Waals surface area contributed by atoms with Crippen LogP contribution in [0, 0.1) is 3.77 Å². The van der Waals surface area contributed by atoms with Crippen LogP contribution < -0.4 is 0 Å². The number of rotatable bonds is 2. The number of cyclic esters (lactones) is 1. The molecule has 1 aliphatic rings. The van der Waals surface area contributed by atoms with Gasteiger partial charge in [-0.05, 0) is 46.9 Å². The lowest BCUT2D eigenvalue weighted by Crippen LogP contribution is -1.96. The second kappa shape index (κ2) is 5.05. The normalized spacial score (nSPS) is 16.6. The number of carbonyl (C=O) groups excluding carboxylic acids is 1. The van der Waals surface area contributed by atoms with Crippen molar-refractivity contribution in [3.8, 4) is 0 Å². The molecule has 2 heterocycles. The number of furan rings is 1. The molecule has 1 aliphatic heterocycles. The Balaban J connectivity index is 1.94. The highest BCUT2D eigenvalue weighted by Crippen LogP contribution is 2.27. The van der Waals surface area contributed by atoms with Crippen molar-refractivity contribution in [2.75, 3.05) is 0 Å². The molecule has 0 saturated carbocycles.